The molecule has 2 heterocycles. The van der Waals surface area contributed by atoms with E-state index in [4.69, 9.17) is 4.98 Å². The zero-order valence-corrected chi connectivity index (χ0v) is 14.4. The number of rotatable bonds is 5. The quantitative estimate of drug-likeness (QED) is 0.894. The molecule has 2 rings (SSSR count). The molecule has 21 heavy (non-hydrogen) atoms. The van der Waals surface area contributed by atoms with Crippen LogP contribution in [0.3, 0.4) is 0 Å². The lowest BCUT2D eigenvalue weighted by Gasteiger charge is -2.38. The SMILES string of the molecule is Cc1cc(CNCC(C)C)cnc1N1CCC(C)(C)CC1. The van der Waals surface area contributed by atoms with Gasteiger partial charge in [0.15, 0.2) is 0 Å². The molecule has 1 aliphatic heterocycles. The lowest BCUT2D eigenvalue weighted by Crippen LogP contribution is -2.38. The maximum Gasteiger partial charge on any atom is 0.131 e. The van der Waals surface area contributed by atoms with Gasteiger partial charge in [0.2, 0.25) is 0 Å². The van der Waals surface area contributed by atoms with E-state index in [1.54, 1.807) is 0 Å². The Morgan fingerprint density at radius 3 is 2.52 bits per heavy atom. The van der Waals surface area contributed by atoms with Gasteiger partial charge < -0.3 is 10.2 Å². The van der Waals surface area contributed by atoms with E-state index in [-0.39, 0.29) is 0 Å². The van der Waals surface area contributed by atoms with Crippen LogP contribution in [-0.4, -0.2) is 24.6 Å². The van der Waals surface area contributed by atoms with Crippen molar-refractivity contribution in [2.45, 2.75) is 54.0 Å². The van der Waals surface area contributed by atoms with E-state index in [1.165, 1.54) is 29.8 Å². The van der Waals surface area contributed by atoms with Gasteiger partial charge in [0.05, 0.1) is 0 Å². The second kappa shape index (κ2) is 6.78. The van der Waals surface area contributed by atoms with Gasteiger partial charge in [0.1, 0.15) is 5.82 Å². The maximum absolute atomic E-state index is 4.73. The topological polar surface area (TPSA) is 28.2 Å². The van der Waals surface area contributed by atoms with Crippen molar-refractivity contribution in [1.82, 2.24) is 10.3 Å². The summed E-state index contributed by atoms with van der Waals surface area (Å²) < 4.78 is 0. The Balaban J connectivity index is 1.96. The predicted octanol–water partition coefficient (Wildman–Crippen LogP) is 3.76. The standard InChI is InChI=1S/C18H31N3/c1-14(2)11-19-12-16-10-15(3)17(20-13-16)21-8-6-18(4,5)7-9-21/h10,13-14,19H,6-9,11-12H2,1-5H3. The van der Waals surface area contributed by atoms with E-state index in [0.29, 0.717) is 11.3 Å². The minimum Gasteiger partial charge on any atom is -0.356 e. The Morgan fingerprint density at radius 2 is 1.95 bits per heavy atom. The molecule has 1 aliphatic rings. The second-order valence-corrected chi connectivity index (χ2v) is 7.66. The summed E-state index contributed by atoms with van der Waals surface area (Å²) in [6.45, 7) is 15.6. The first-order valence-electron chi connectivity index (χ1n) is 8.28. The molecule has 0 saturated carbocycles. The van der Waals surface area contributed by atoms with E-state index in [9.17, 15) is 0 Å². The van der Waals surface area contributed by atoms with Gasteiger partial charge in [-0.2, -0.15) is 0 Å². The Hall–Kier alpha value is -1.09. The molecule has 0 atom stereocenters. The molecule has 0 spiro atoms. The second-order valence-electron chi connectivity index (χ2n) is 7.66. The molecule has 3 heteroatoms. The summed E-state index contributed by atoms with van der Waals surface area (Å²) in [6, 6.07) is 2.29. The molecule has 0 bridgehead atoms. The van der Waals surface area contributed by atoms with Crippen molar-refractivity contribution in [3.63, 3.8) is 0 Å². The van der Waals surface area contributed by atoms with Crippen LogP contribution < -0.4 is 10.2 Å². The average molecular weight is 289 g/mol. The van der Waals surface area contributed by atoms with Gasteiger partial charge in [-0.15, -0.1) is 0 Å². The summed E-state index contributed by atoms with van der Waals surface area (Å²) >= 11 is 0. The van der Waals surface area contributed by atoms with Crippen LogP contribution in [0, 0.1) is 18.3 Å². The van der Waals surface area contributed by atoms with Crippen molar-refractivity contribution in [3.05, 3.63) is 23.4 Å². The fourth-order valence-electron chi connectivity index (χ4n) is 2.88. The van der Waals surface area contributed by atoms with Gasteiger partial charge in [-0.25, -0.2) is 4.98 Å². The number of anilines is 1. The van der Waals surface area contributed by atoms with Gasteiger partial charge in [-0.1, -0.05) is 27.7 Å². The highest BCUT2D eigenvalue weighted by atomic mass is 15.2. The van der Waals surface area contributed by atoms with E-state index < -0.39 is 0 Å². The molecule has 0 radical (unpaired) electrons. The number of aryl methyl sites for hydroxylation is 1. The molecule has 3 nitrogen and oxygen atoms in total. The van der Waals surface area contributed by atoms with Gasteiger partial charge >= 0.3 is 0 Å². The summed E-state index contributed by atoms with van der Waals surface area (Å²) in [6.07, 6.45) is 4.55. The van der Waals surface area contributed by atoms with Crippen molar-refractivity contribution in [2.24, 2.45) is 11.3 Å². The summed E-state index contributed by atoms with van der Waals surface area (Å²) in [7, 11) is 0. The third-order valence-electron chi connectivity index (χ3n) is 4.41. The lowest BCUT2D eigenvalue weighted by atomic mass is 9.82. The van der Waals surface area contributed by atoms with Gasteiger partial charge in [-0.05, 0) is 54.8 Å². The number of aromatic nitrogens is 1. The summed E-state index contributed by atoms with van der Waals surface area (Å²) in [4.78, 5) is 7.18. The van der Waals surface area contributed by atoms with Crippen molar-refractivity contribution >= 4 is 5.82 Å². The van der Waals surface area contributed by atoms with Crippen LogP contribution in [-0.2, 0) is 6.54 Å². The average Bonchev–Trinajstić information content (AvgIpc) is 2.39. The molecule has 0 amide bonds. The van der Waals surface area contributed by atoms with Gasteiger partial charge in [-0.3, -0.25) is 0 Å². The van der Waals surface area contributed by atoms with Gasteiger partial charge in [0, 0.05) is 25.8 Å². The fraction of sp³-hybridized carbons (Fsp3) is 0.722. The van der Waals surface area contributed by atoms with Crippen LogP contribution in [0.1, 0.15) is 51.7 Å². The van der Waals surface area contributed by atoms with Gasteiger partial charge in [0.25, 0.3) is 0 Å². The van der Waals surface area contributed by atoms with Crippen molar-refractivity contribution in [1.29, 1.82) is 0 Å². The van der Waals surface area contributed by atoms with Crippen LogP contribution in [0.4, 0.5) is 5.82 Å². The highest BCUT2D eigenvalue weighted by molar-refractivity contribution is 5.47. The Labute approximate surface area is 130 Å². The summed E-state index contributed by atoms with van der Waals surface area (Å²) in [5.41, 5.74) is 3.08. The molecule has 1 aromatic heterocycles. The largest absolute Gasteiger partial charge is 0.356 e. The number of hydrogen-bond acceptors (Lipinski definition) is 3. The van der Waals surface area contributed by atoms with Crippen LogP contribution in [0.15, 0.2) is 12.3 Å². The van der Waals surface area contributed by atoms with Crippen LogP contribution in [0.25, 0.3) is 0 Å². The molecule has 0 aliphatic carbocycles. The monoisotopic (exact) mass is 289 g/mol. The molecular formula is C18H31N3. The molecular weight excluding hydrogens is 258 g/mol. The molecule has 1 N–H and O–H groups in total. The highest BCUT2D eigenvalue weighted by Gasteiger charge is 2.26. The number of nitrogens with one attached hydrogen (secondary N) is 1. The highest BCUT2D eigenvalue weighted by Crippen LogP contribution is 2.32. The maximum atomic E-state index is 4.73. The first-order chi connectivity index (χ1) is 9.87. The molecule has 118 valence electrons. The number of hydrogen-bond donors (Lipinski definition) is 1. The van der Waals surface area contributed by atoms with E-state index in [2.05, 4.69) is 50.9 Å². The smallest absolute Gasteiger partial charge is 0.131 e. The normalized spacial score (nSPS) is 18.3. The van der Waals surface area contributed by atoms with Crippen LogP contribution in [0.2, 0.25) is 0 Å². The number of pyridine rings is 1. The minimum absolute atomic E-state index is 0.491. The molecule has 1 aromatic rings. The van der Waals surface area contributed by atoms with E-state index >= 15 is 0 Å². The number of nitrogens with zero attached hydrogens (tertiary/aromatic N) is 2. The van der Waals surface area contributed by atoms with Crippen molar-refractivity contribution in [3.8, 4) is 0 Å². The molecule has 1 fully saturated rings. The zero-order chi connectivity index (χ0) is 15.5. The first kappa shape index (κ1) is 16.3. The number of piperidine rings is 1. The predicted molar refractivity (Wildman–Crippen MR) is 90.7 cm³/mol. The molecule has 1 saturated heterocycles. The lowest BCUT2D eigenvalue weighted by molar-refractivity contribution is 0.279. The minimum atomic E-state index is 0.491. The zero-order valence-electron chi connectivity index (χ0n) is 14.4. The summed E-state index contributed by atoms with van der Waals surface area (Å²) in [5.74, 6) is 1.87. The first-order valence-corrected chi connectivity index (χ1v) is 8.28. The van der Waals surface area contributed by atoms with E-state index in [1.807, 2.05) is 6.20 Å². The molecule has 0 unspecified atom stereocenters. The fourth-order valence-corrected chi connectivity index (χ4v) is 2.88. The molecule has 0 aromatic carbocycles. The van der Waals surface area contributed by atoms with Crippen LogP contribution in [0.5, 0.6) is 0 Å². The third kappa shape index (κ3) is 4.70. The Morgan fingerprint density at radius 1 is 1.29 bits per heavy atom. The summed E-state index contributed by atoms with van der Waals surface area (Å²) in [5, 5.41) is 3.48. The Bertz CT molecular complexity index is 456. The van der Waals surface area contributed by atoms with E-state index in [0.717, 1.165) is 26.2 Å². The van der Waals surface area contributed by atoms with Crippen molar-refractivity contribution in [2.75, 3.05) is 24.5 Å². The Kier molecular flexibility index (Phi) is 5.26. The van der Waals surface area contributed by atoms with Crippen molar-refractivity contribution < 1.29 is 0 Å². The third-order valence-corrected chi connectivity index (χ3v) is 4.41. The van der Waals surface area contributed by atoms with Crippen LogP contribution >= 0.6 is 0 Å².